The molecule has 0 aliphatic heterocycles. The van der Waals surface area contributed by atoms with Crippen molar-refractivity contribution >= 4 is 34.4 Å². The highest BCUT2D eigenvalue weighted by Crippen LogP contribution is 2.18. The number of nitrogens with one attached hydrogen (secondary N) is 1. The average Bonchev–Trinajstić information content (AvgIpc) is 2.96. The van der Waals surface area contributed by atoms with Gasteiger partial charge < -0.3 is 5.32 Å². The fourth-order valence-corrected chi connectivity index (χ4v) is 2.73. The van der Waals surface area contributed by atoms with E-state index in [9.17, 15) is 0 Å². The zero-order chi connectivity index (χ0) is 11.2. The van der Waals surface area contributed by atoms with Crippen LogP contribution in [0.1, 0.15) is 9.75 Å². The molecular weight excluding hydrogens is 234 g/mol. The minimum Gasteiger partial charge on any atom is -0.387 e. The molecule has 0 saturated carbocycles. The molecule has 0 saturated heterocycles. The Bertz CT molecular complexity index is 464. The van der Waals surface area contributed by atoms with Crippen LogP contribution in [0.4, 0.5) is 0 Å². The predicted molar refractivity (Wildman–Crippen MR) is 74.7 cm³/mol. The molecule has 0 spiro atoms. The minimum atomic E-state index is 1.16. The molecule has 2 rings (SSSR count). The number of thiophene rings is 2. The summed E-state index contributed by atoms with van der Waals surface area (Å²) in [6.45, 7) is 0. The first-order chi connectivity index (χ1) is 7.90. The lowest BCUT2D eigenvalue weighted by Crippen LogP contribution is -2.02. The van der Waals surface area contributed by atoms with E-state index >= 15 is 0 Å². The molecule has 0 unspecified atom stereocenters. The van der Waals surface area contributed by atoms with Crippen molar-refractivity contribution in [1.29, 1.82) is 0 Å². The molecule has 2 aromatic rings. The zero-order valence-electron chi connectivity index (χ0n) is 9.01. The maximum absolute atomic E-state index is 3.21. The first-order valence-corrected chi connectivity index (χ1v) is 6.79. The third-order valence-corrected chi connectivity index (χ3v) is 3.86. The summed E-state index contributed by atoms with van der Waals surface area (Å²) in [6, 6.07) is 8.35. The standard InChI is InChI=1S/C13H13NS2/c1-14-12(13-8-4-10-16-13)7-2-5-11-6-3-9-15-11/h2-10,14H,1H3/b5-2+,12-7-. The summed E-state index contributed by atoms with van der Waals surface area (Å²) in [4.78, 5) is 2.54. The van der Waals surface area contributed by atoms with Crippen LogP contribution in [-0.4, -0.2) is 7.05 Å². The first-order valence-electron chi connectivity index (χ1n) is 5.03. The molecule has 0 bridgehead atoms. The van der Waals surface area contributed by atoms with Crippen LogP contribution in [0.15, 0.2) is 47.2 Å². The second-order valence-corrected chi connectivity index (χ2v) is 5.11. The van der Waals surface area contributed by atoms with Crippen molar-refractivity contribution < 1.29 is 0 Å². The zero-order valence-corrected chi connectivity index (χ0v) is 10.6. The van der Waals surface area contributed by atoms with Gasteiger partial charge in [-0.3, -0.25) is 0 Å². The van der Waals surface area contributed by atoms with E-state index in [1.165, 1.54) is 9.75 Å². The van der Waals surface area contributed by atoms with Gasteiger partial charge in [0.1, 0.15) is 0 Å². The smallest absolute Gasteiger partial charge is 0.0512 e. The topological polar surface area (TPSA) is 12.0 Å². The summed E-state index contributed by atoms with van der Waals surface area (Å²) in [5, 5.41) is 7.38. The molecule has 0 aliphatic rings. The largest absolute Gasteiger partial charge is 0.387 e. The summed E-state index contributed by atoms with van der Waals surface area (Å²) < 4.78 is 0. The van der Waals surface area contributed by atoms with Crippen LogP contribution in [0.25, 0.3) is 11.8 Å². The van der Waals surface area contributed by atoms with Gasteiger partial charge in [0, 0.05) is 11.9 Å². The van der Waals surface area contributed by atoms with E-state index in [2.05, 4.69) is 58.6 Å². The lowest BCUT2D eigenvalue weighted by atomic mass is 10.3. The van der Waals surface area contributed by atoms with Gasteiger partial charge in [-0.2, -0.15) is 0 Å². The average molecular weight is 247 g/mol. The van der Waals surface area contributed by atoms with Crippen LogP contribution in [0.3, 0.4) is 0 Å². The van der Waals surface area contributed by atoms with Gasteiger partial charge >= 0.3 is 0 Å². The summed E-state index contributed by atoms with van der Waals surface area (Å²) >= 11 is 3.49. The number of hydrogen-bond donors (Lipinski definition) is 1. The van der Waals surface area contributed by atoms with E-state index in [0.29, 0.717) is 0 Å². The van der Waals surface area contributed by atoms with Gasteiger partial charge in [0.25, 0.3) is 0 Å². The quantitative estimate of drug-likeness (QED) is 0.803. The molecule has 1 N–H and O–H groups in total. The molecule has 0 fully saturated rings. The Labute approximate surface area is 104 Å². The summed E-state index contributed by atoms with van der Waals surface area (Å²) in [5.41, 5.74) is 1.16. The second kappa shape index (κ2) is 5.68. The molecule has 0 aliphatic carbocycles. The maximum atomic E-state index is 3.21. The van der Waals surface area contributed by atoms with Crippen molar-refractivity contribution in [3.8, 4) is 0 Å². The third kappa shape index (κ3) is 2.84. The Morgan fingerprint density at radius 3 is 2.62 bits per heavy atom. The van der Waals surface area contributed by atoms with Gasteiger partial charge in [0.2, 0.25) is 0 Å². The number of rotatable bonds is 4. The van der Waals surface area contributed by atoms with Gasteiger partial charge in [-0.15, -0.1) is 22.7 Å². The fourth-order valence-electron chi connectivity index (χ4n) is 1.35. The molecule has 2 heterocycles. The SMILES string of the molecule is CN/C(=C\C=C\c1cccs1)c1cccs1. The molecule has 3 heteroatoms. The Morgan fingerprint density at radius 2 is 2.00 bits per heavy atom. The highest BCUT2D eigenvalue weighted by molar-refractivity contribution is 7.11. The van der Waals surface area contributed by atoms with E-state index in [-0.39, 0.29) is 0 Å². The van der Waals surface area contributed by atoms with Crippen molar-refractivity contribution in [2.45, 2.75) is 0 Å². The maximum Gasteiger partial charge on any atom is 0.0512 e. The predicted octanol–water partition coefficient (Wildman–Crippen LogP) is 4.08. The Balaban J connectivity index is 2.11. The monoisotopic (exact) mass is 247 g/mol. The van der Waals surface area contributed by atoms with Crippen LogP contribution in [0.5, 0.6) is 0 Å². The van der Waals surface area contributed by atoms with Crippen LogP contribution < -0.4 is 5.32 Å². The summed E-state index contributed by atoms with van der Waals surface area (Å²) in [7, 11) is 1.95. The Kier molecular flexibility index (Phi) is 3.97. The Morgan fingerprint density at radius 1 is 1.19 bits per heavy atom. The molecule has 82 valence electrons. The van der Waals surface area contributed by atoms with E-state index in [4.69, 9.17) is 0 Å². The van der Waals surface area contributed by atoms with Crippen LogP contribution in [0, 0.1) is 0 Å². The highest BCUT2D eigenvalue weighted by atomic mass is 32.1. The second-order valence-electron chi connectivity index (χ2n) is 3.18. The van der Waals surface area contributed by atoms with Crippen LogP contribution in [0.2, 0.25) is 0 Å². The van der Waals surface area contributed by atoms with Crippen molar-refractivity contribution in [3.05, 3.63) is 56.9 Å². The number of allylic oxidation sites excluding steroid dienone is 2. The van der Waals surface area contributed by atoms with Gasteiger partial charge in [-0.1, -0.05) is 18.2 Å². The number of hydrogen-bond acceptors (Lipinski definition) is 3. The third-order valence-electron chi connectivity index (χ3n) is 2.12. The summed E-state index contributed by atoms with van der Waals surface area (Å²) in [5.74, 6) is 0. The van der Waals surface area contributed by atoms with Crippen molar-refractivity contribution in [2.24, 2.45) is 0 Å². The molecule has 0 radical (unpaired) electrons. The first kappa shape index (κ1) is 11.2. The van der Waals surface area contributed by atoms with Gasteiger partial charge in [-0.25, -0.2) is 0 Å². The summed E-state index contributed by atoms with van der Waals surface area (Å²) in [6.07, 6.45) is 6.30. The molecule has 16 heavy (non-hydrogen) atoms. The van der Waals surface area contributed by atoms with E-state index in [1.54, 1.807) is 22.7 Å². The molecule has 1 nitrogen and oxygen atoms in total. The van der Waals surface area contributed by atoms with Crippen LogP contribution in [-0.2, 0) is 0 Å². The van der Waals surface area contributed by atoms with Gasteiger partial charge in [-0.05, 0) is 35.0 Å². The lowest BCUT2D eigenvalue weighted by molar-refractivity contribution is 1.14. The van der Waals surface area contributed by atoms with Crippen molar-refractivity contribution in [3.63, 3.8) is 0 Å². The minimum absolute atomic E-state index is 1.16. The Hall–Kier alpha value is -1.32. The fraction of sp³-hybridized carbons (Fsp3) is 0.0769. The van der Waals surface area contributed by atoms with E-state index in [0.717, 1.165) is 5.70 Å². The molecule has 2 aromatic heterocycles. The van der Waals surface area contributed by atoms with E-state index < -0.39 is 0 Å². The highest BCUT2D eigenvalue weighted by Gasteiger charge is 1.97. The van der Waals surface area contributed by atoms with E-state index in [1.807, 2.05) is 7.05 Å². The lowest BCUT2D eigenvalue weighted by Gasteiger charge is -2.01. The molecule has 0 amide bonds. The molecule has 0 aromatic carbocycles. The van der Waals surface area contributed by atoms with Gasteiger partial charge in [0.05, 0.1) is 10.6 Å². The van der Waals surface area contributed by atoms with Crippen molar-refractivity contribution in [1.82, 2.24) is 5.32 Å². The van der Waals surface area contributed by atoms with Crippen molar-refractivity contribution in [2.75, 3.05) is 7.05 Å². The molecular formula is C13H13NS2. The van der Waals surface area contributed by atoms with Gasteiger partial charge in [0.15, 0.2) is 0 Å². The normalized spacial score (nSPS) is 12.2. The molecule has 0 atom stereocenters. The van der Waals surface area contributed by atoms with Crippen LogP contribution >= 0.6 is 22.7 Å².